The molecule has 0 fully saturated rings. The Morgan fingerprint density at radius 3 is 2.39 bits per heavy atom. The zero-order chi connectivity index (χ0) is 23.8. The second-order valence-electron chi connectivity index (χ2n) is 7.11. The van der Waals surface area contributed by atoms with Crippen molar-refractivity contribution in [3.8, 4) is 0 Å². The SMILES string of the molecule is CCOC(=O)/C=c1/s/c(=C\c2ccc(SC)cc2)c(=O)n1CC(=O)Nc1ccc(CC)cc1. The van der Waals surface area contributed by atoms with Gasteiger partial charge in [-0.25, -0.2) is 4.79 Å². The van der Waals surface area contributed by atoms with Gasteiger partial charge in [-0.2, -0.15) is 0 Å². The highest BCUT2D eigenvalue weighted by Gasteiger charge is 2.11. The van der Waals surface area contributed by atoms with Gasteiger partial charge >= 0.3 is 5.97 Å². The molecule has 0 atom stereocenters. The fourth-order valence-corrected chi connectivity index (χ4v) is 4.54. The molecule has 3 rings (SSSR count). The first-order valence-corrected chi connectivity index (χ1v) is 12.6. The van der Waals surface area contributed by atoms with E-state index in [-0.39, 0.29) is 24.6 Å². The van der Waals surface area contributed by atoms with E-state index >= 15 is 0 Å². The molecule has 3 aromatic rings. The van der Waals surface area contributed by atoms with Gasteiger partial charge in [-0.3, -0.25) is 14.2 Å². The van der Waals surface area contributed by atoms with Crippen LogP contribution in [0.2, 0.25) is 0 Å². The van der Waals surface area contributed by atoms with Gasteiger partial charge in [0.25, 0.3) is 5.56 Å². The van der Waals surface area contributed by atoms with Gasteiger partial charge in [0, 0.05) is 10.6 Å². The number of hydrogen-bond acceptors (Lipinski definition) is 6. The fraction of sp³-hybridized carbons (Fsp3) is 0.240. The molecular formula is C25H26N2O4S2. The molecule has 0 unspecified atom stereocenters. The van der Waals surface area contributed by atoms with Crippen molar-refractivity contribution in [3.63, 3.8) is 0 Å². The number of anilines is 1. The number of carbonyl (C=O) groups is 2. The van der Waals surface area contributed by atoms with E-state index < -0.39 is 5.97 Å². The van der Waals surface area contributed by atoms with Crippen LogP contribution in [-0.4, -0.2) is 29.3 Å². The Morgan fingerprint density at radius 2 is 1.79 bits per heavy atom. The van der Waals surface area contributed by atoms with Gasteiger partial charge in [-0.1, -0.05) is 31.2 Å². The normalized spacial score (nSPS) is 12.1. The van der Waals surface area contributed by atoms with Crippen molar-refractivity contribution in [2.45, 2.75) is 31.7 Å². The average Bonchev–Trinajstić information content (AvgIpc) is 3.08. The summed E-state index contributed by atoms with van der Waals surface area (Å²) in [5.74, 6) is -0.910. The molecule has 172 valence electrons. The standard InChI is InChI=1S/C25H26N2O4S2/c1-4-17-6-10-19(11-7-17)26-22(28)16-27-23(15-24(29)31-5-2)33-21(25(27)30)14-18-8-12-20(32-3)13-9-18/h6-15H,4-5,16H2,1-3H3,(H,26,28)/b21-14-,23-15+. The van der Waals surface area contributed by atoms with Crippen molar-refractivity contribution in [2.24, 2.45) is 0 Å². The lowest BCUT2D eigenvalue weighted by Gasteiger charge is -2.06. The Kier molecular flexibility index (Phi) is 8.68. The van der Waals surface area contributed by atoms with Gasteiger partial charge in [-0.15, -0.1) is 23.1 Å². The molecule has 0 bridgehead atoms. The quantitative estimate of drug-likeness (QED) is 0.395. The van der Waals surface area contributed by atoms with Crippen LogP contribution < -0.4 is 20.1 Å². The van der Waals surface area contributed by atoms with Crippen LogP contribution in [0.3, 0.4) is 0 Å². The minimum absolute atomic E-state index is 0.213. The molecule has 1 aromatic heterocycles. The molecule has 0 aliphatic heterocycles. The van der Waals surface area contributed by atoms with Crippen LogP contribution >= 0.6 is 23.1 Å². The summed E-state index contributed by atoms with van der Waals surface area (Å²) in [5, 5.41) is 2.81. The number of ether oxygens (including phenoxy) is 1. The lowest BCUT2D eigenvalue weighted by atomic mass is 10.1. The molecule has 0 radical (unpaired) electrons. The predicted molar refractivity (Wildman–Crippen MR) is 135 cm³/mol. The Labute approximate surface area is 200 Å². The van der Waals surface area contributed by atoms with Gasteiger partial charge in [0.1, 0.15) is 11.2 Å². The molecule has 0 aliphatic rings. The Hall–Kier alpha value is -3.10. The maximum Gasteiger partial charge on any atom is 0.333 e. The highest BCUT2D eigenvalue weighted by Crippen LogP contribution is 2.15. The molecule has 0 saturated carbocycles. The van der Waals surface area contributed by atoms with E-state index in [1.807, 2.05) is 54.8 Å². The van der Waals surface area contributed by atoms with Crippen LogP contribution in [-0.2, 0) is 27.3 Å². The first-order valence-electron chi connectivity index (χ1n) is 10.6. The monoisotopic (exact) mass is 482 g/mol. The van der Waals surface area contributed by atoms with Crippen LogP contribution in [0.25, 0.3) is 12.2 Å². The highest BCUT2D eigenvalue weighted by atomic mass is 32.2. The second-order valence-corrected chi connectivity index (χ2v) is 9.05. The number of aromatic nitrogens is 1. The van der Waals surface area contributed by atoms with Crippen molar-refractivity contribution in [2.75, 3.05) is 18.2 Å². The molecule has 0 saturated heterocycles. The van der Waals surface area contributed by atoms with Crippen LogP contribution in [0, 0.1) is 0 Å². The summed E-state index contributed by atoms with van der Waals surface area (Å²) in [6, 6.07) is 15.4. The van der Waals surface area contributed by atoms with Crippen molar-refractivity contribution >= 4 is 52.8 Å². The zero-order valence-electron chi connectivity index (χ0n) is 18.8. The summed E-state index contributed by atoms with van der Waals surface area (Å²) >= 11 is 2.79. The minimum Gasteiger partial charge on any atom is -0.463 e. The fourth-order valence-electron chi connectivity index (χ4n) is 3.10. The molecule has 1 N–H and O–H groups in total. The van der Waals surface area contributed by atoms with E-state index in [4.69, 9.17) is 4.74 Å². The summed E-state index contributed by atoms with van der Waals surface area (Å²) in [4.78, 5) is 39.0. The van der Waals surface area contributed by atoms with Gasteiger partial charge in [0.05, 0.1) is 17.2 Å². The number of aryl methyl sites for hydroxylation is 1. The van der Waals surface area contributed by atoms with E-state index in [1.165, 1.54) is 16.2 Å². The van der Waals surface area contributed by atoms with Gasteiger partial charge in [0.2, 0.25) is 5.91 Å². The number of nitrogens with zero attached hydrogens (tertiary/aromatic N) is 1. The Morgan fingerprint density at radius 1 is 1.09 bits per heavy atom. The van der Waals surface area contributed by atoms with Crippen molar-refractivity contribution in [1.82, 2.24) is 4.57 Å². The maximum atomic E-state index is 13.1. The van der Waals surface area contributed by atoms with E-state index in [9.17, 15) is 14.4 Å². The van der Waals surface area contributed by atoms with Gasteiger partial charge < -0.3 is 10.1 Å². The number of rotatable bonds is 8. The summed E-state index contributed by atoms with van der Waals surface area (Å²) < 4.78 is 7.10. The third kappa shape index (κ3) is 6.69. The third-order valence-electron chi connectivity index (χ3n) is 4.83. The molecule has 2 aromatic carbocycles. The molecular weight excluding hydrogens is 456 g/mol. The lowest BCUT2D eigenvalue weighted by molar-refractivity contribution is -0.135. The van der Waals surface area contributed by atoms with E-state index in [0.717, 1.165) is 28.2 Å². The summed E-state index contributed by atoms with van der Waals surface area (Å²) in [6.45, 7) is 3.78. The second kappa shape index (κ2) is 11.7. The minimum atomic E-state index is -0.557. The number of amides is 1. The lowest BCUT2D eigenvalue weighted by Crippen LogP contribution is -2.36. The first kappa shape index (κ1) is 24.5. The largest absolute Gasteiger partial charge is 0.463 e. The smallest absolute Gasteiger partial charge is 0.333 e. The molecule has 1 amide bonds. The molecule has 1 heterocycles. The Bertz CT molecular complexity index is 1290. The van der Waals surface area contributed by atoms with Crippen LogP contribution in [0.15, 0.2) is 58.2 Å². The summed E-state index contributed by atoms with van der Waals surface area (Å²) in [7, 11) is 0. The van der Waals surface area contributed by atoms with Crippen LogP contribution in [0.5, 0.6) is 0 Å². The number of esters is 1. The maximum absolute atomic E-state index is 13.1. The van der Waals surface area contributed by atoms with Crippen molar-refractivity contribution in [3.05, 3.63) is 79.2 Å². The van der Waals surface area contributed by atoms with Crippen molar-refractivity contribution in [1.29, 1.82) is 0 Å². The molecule has 0 aliphatic carbocycles. The number of thioether (sulfide) groups is 1. The van der Waals surface area contributed by atoms with E-state index in [1.54, 1.807) is 24.8 Å². The Balaban J connectivity index is 1.95. The third-order valence-corrected chi connectivity index (χ3v) is 6.63. The molecule has 0 spiro atoms. The molecule has 8 heteroatoms. The van der Waals surface area contributed by atoms with E-state index in [2.05, 4.69) is 12.2 Å². The topological polar surface area (TPSA) is 77.4 Å². The average molecular weight is 483 g/mol. The van der Waals surface area contributed by atoms with E-state index in [0.29, 0.717) is 14.9 Å². The van der Waals surface area contributed by atoms with Crippen LogP contribution in [0.4, 0.5) is 5.69 Å². The first-order chi connectivity index (χ1) is 15.9. The number of benzene rings is 2. The highest BCUT2D eigenvalue weighted by molar-refractivity contribution is 7.98. The predicted octanol–water partition coefficient (Wildman–Crippen LogP) is 3.01. The molecule has 6 nitrogen and oxygen atoms in total. The summed E-state index contributed by atoms with van der Waals surface area (Å²) in [5.41, 5.74) is 2.35. The number of thiazole rings is 1. The summed E-state index contributed by atoms with van der Waals surface area (Å²) in [6.07, 6.45) is 5.92. The van der Waals surface area contributed by atoms with Gasteiger partial charge in [0.15, 0.2) is 0 Å². The van der Waals surface area contributed by atoms with Crippen molar-refractivity contribution < 1.29 is 14.3 Å². The number of nitrogens with one attached hydrogen (secondary N) is 1. The zero-order valence-corrected chi connectivity index (χ0v) is 20.4. The molecule has 33 heavy (non-hydrogen) atoms. The van der Waals surface area contributed by atoms with Gasteiger partial charge in [-0.05, 0) is 61.1 Å². The number of carbonyl (C=O) groups excluding carboxylic acids is 2. The van der Waals surface area contributed by atoms with Crippen LogP contribution in [0.1, 0.15) is 25.0 Å². The number of hydrogen-bond donors (Lipinski definition) is 1.